The molecule has 1 fully saturated rings. The Bertz CT molecular complexity index is 1130. The molecule has 2 heterocycles. The number of carbonyl (C=O) groups is 1. The molecule has 1 amide bonds. The molecular weight excluding hydrogens is 428 g/mol. The molecule has 9 heteroatoms. The summed E-state index contributed by atoms with van der Waals surface area (Å²) in [5.74, 6) is -0.270. The first kappa shape index (κ1) is 22.3. The van der Waals surface area contributed by atoms with Crippen LogP contribution >= 0.6 is 11.3 Å². The maximum atomic E-state index is 13.7. The van der Waals surface area contributed by atoms with Crippen molar-refractivity contribution in [3.05, 3.63) is 62.7 Å². The normalized spacial score (nSPS) is 14.6. The van der Waals surface area contributed by atoms with Gasteiger partial charge in [0.1, 0.15) is 0 Å². The maximum Gasteiger partial charge on any atom is 0.273 e. The van der Waals surface area contributed by atoms with Crippen LogP contribution in [0.2, 0.25) is 0 Å². The summed E-state index contributed by atoms with van der Waals surface area (Å²) in [5, 5.41) is 12.0. The average Bonchev–Trinajstić information content (AvgIpc) is 3.23. The van der Waals surface area contributed by atoms with Crippen LogP contribution in [0.3, 0.4) is 0 Å². The van der Waals surface area contributed by atoms with Gasteiger partial charge in [0.2, 0.25) is 0 Å². The van der Waals surface area contributed by atoms with Crippen molar-refractivity contribution in [2.75, 3.05) is 44.3 Å². The third-order valence-electron chi connectivity index (χ3n) is 5.88. The van der Waals surface area contributed by atoms with Gasteiger partial charge in [-0.25, -0.2) is 4.98 Å². The summed E-state index contributed by atoms with van der Waals surface area (Å²) in [4.78, 5) is 33.4. The number of morpholine rings is 1. The van der Waals surface area contributed by atoms with Crippen molar-refractivity contribution < 1.29 is 14.5 Å². The number of anilines is 1. The van der Waals surface area contributed by atoms with Gasteiger partial charge in [0.05, 0.1) is 28.4 Å². The number of ether oxygens (including phenoxy) is 1. The number of rotatable bonds is 6. The van der Waals surface area contributed by atoms with Crippen molar-refractivity contribution in [3.63, 3.8) is 0 Å². The monoisotopic (exact) mass is 454 g/mol. The highest BCUT2D eigenvalue weighted by Crippen LogP contribution is 2.34. The number of nitro benzene ring substituents is 1. The smallest absolute Gasteiger partial charge is 0.273 e. The van der Waals surface area contributed by atoms with Crippen LogP contribution in [-0.4, -0.2) is 60.1 Å². The highest BCUT2D eigenvalue weighted by molar-refractivity contribution is 7.22. The maximum absolute atomic E-state index is 13.7. The number of nitro groups is 1. The predicted octanol–water partition coefficient (Wildman–Crippen LogP) is 4.11. The van der Waals surface area contributed by atoms with E-state index in [0.29, 0.717) is 42.6 Å². The minimum absolute atomic E-state index is 0.0556. The van der Waals surface area contributed by atoms with Gasteiger partial charge in [0, 0.05) is 43.4 Å². The van der Waals surface area contributed by atoms with Crippen LogP contribution in [0, 0.1) is 30.9 Å². The van der Waals surface area contributed by atoms with E-state index in [1.54, 1.807) is 24.0 Å². The van der Waals surface area contributed by atoms with E-state index in [4.69, 9.17) is 9.72 Å². The zero-order valence-electron chi connectivity index (χ0n) is 18.5. The number of benzene rings is 2. The molecule has 3 aromatic rings. The van der Waals surface area contributed by atoms with Gasteiger partial charge in [-0.3, -0.25) is 24.7 Å². The molecule has 4 rings (SSSR count). The lowest BCUT2D eigenvalue weighted by Crippen LogP contribution is -2.43. The molecule has 2 aromatic carbocycles. The summed E-state index contributed by atoms with van der Waals surface area (Å²) >= 11 is 1.49. The van der Waals surface area contributed by atoms with Gasteiger partial charge >= 0.3 is 0 Å². The molecule has 0 spiro atoms. The van der Waals surface area contributed by atoms with Crippen LogP contribution in [-0.2, 0) is 4.74 Å². The van der Waals surface area contributed by atoms with Crippen LogP contribution in [0.1, 0.15) is 27.0 Å². The Balaban J connectivity index is 1.73. The molecule has 0 N–H and O–H groups in total. The molecular formula is C23H26N4O4S. The van der Waals surface area contributed by atoms with Crippen molar-refractivity contribution in [2.45, 2.75) is 20.8 Å². The molecule has 32 heavy (non-hydrogen) atoms. The molecule has 0 unspecified atom stereocenters. The zero-order chi connectivity index (χ0) is 22.8. The molecule has 0 saturated carbocycles. The second kappa shape index (κ2) is 9.32. The van der Waals surface area contributed by atoms with Gasteiger partial charge in [0.15, 0.2) is 5.13 Å². The lowest BCUT2D eigenvalue weighted by molar-refractivity contribution is -0.385. The van der Waals surface area contributed by atoms with E-state index in [2.05, 4.69) is 11.0 Å². The fourth-order valence-corrected chi connectivity index (χ4v) is 5.05. The number of fused-ring (bicyclic) bond motifs is 1. The van der Waals surface area contributed by atoms with Gasteiger partial charge < -0.3 is 4.74 Å². The Kier molecular flexibility index (Phi) is 6.50. The fraction of sp³-hybridized carbons (Fsp3) is 0.391. The Labute approximate surface area is 190 Å². The predicted molar refractivity (Wildman–Crippen MR) is 126 cm³/mol. The summed E-state index contributed by atoms with van der Waals surface area (Å²) in [6, 6.07) is 8.73. The van der Waals surface area contributed by atoms with E-state index in [9.17, 15) is 14.9 Å². The molecule has 0 aliphatic carbocycles. The van der Waals surface area contributed by atoms with E-state index in [1.165, 1.54) is 17.4 Å². The summed E-state index contributed by atoms with van der Waals surface area (Å²) in [6.07, 6.45) is 0. The van der Waals surface area contributed by atoms with E-state index >= 15 is 0 Å². The largest absolute Gasteiger partial charge is 0.379 e. The summed E-state index contributed by atoms with van der Waals surface area (Å²) in [7, 11) is 0. The van der Waals surface area contributed by atoms with Crippen molar-refractivity contribution in [1.82, 2.24) is 9.88 Å². The quantitative estimate of drug-likeness (QED) is 0.411. The molecule has 1 aliphatic heterocycles. The van der Waals surface area contributed by atoms with E-state index < -0.39 is 4.92 Å². The lowest BCUT2D eigenvalue weighted by atomic mass is 10.1. The van der Waals surface area contributed by atoms with E-state index in [-0.39, 0.29) is 11.6 Å². The van der Waals surface area contributed by atoms with Gasteiger partial charge in [-0.2, -0.15) is 0 Å². The Hall–Kier alpha value is -2.88. The van der Waals surface area contributed by atoms with Gasteiger partial charge in [-0.15, -0.1) is 0 Å². The van der Waals surface area contributed by atoms with Crippen LogP contribution < -0.4 is 4.90 Å². The van der Waals surface area contributed by atoms with Gasteiger partial charge in [0.25, 0.3) is 11.6 Å². The highest BCUT2D eigenvalue weighted by Gasteiger charge is 2.27. The Morgan fingerprint density at radius 2 is 1.91 bits per heavy atom. The van der Waals surface area contributed by atoms with Crippen LogP contribution in [0.5, 0.6) is 0 Å². The number of aryl methyl sites for hydroxylation is 2. The number of amides is 1. The lowest BCUT2D eigenvalue weighted by Gasteiger charge is -2.29. The van der Waals surface area contributed by atoms with Crippen LogP contribution in [0.25, 0.3) is 10.2 Å². The van der Waals surface area contributed by atoms with Crippen LogP contribution in [0.4, 0.5) is 10.8 Å². The molecule has 0 atom stereocenters. The summed E-state index contributed by atoms with van der Waals surface area (Å²) in [5.41, 5.74) is 3.70. The van der Waals surface area contributed by atoms with Crippen molar-refractivity contribution in [3.8, 4) is 0 Å². The fourth-order valence-electron chi connectivity index (χ4n) is 3.91. The van der Waals surface area contributed by atoms with E-state index in [1.807, 2.05) is 19.9 Å². The second-order valence-electron chi connectivity index (χ2n) is 7.99. The Morgan fingerprint density at radius 3 is 2.59 bits per heavy atom. The minimum atomic E-state index is -0.450. The Morgan fingerprint density at radius 1 is 1.19 bits per heavy atom. The van der Waals surface area contributed by atoms with Crippen LogP contribution in [0.15, 0.2) is 30.3 Å². The van der Waals surface area contributed by atoms with Gasteiger partial charge in [-0.05, 0) is 38.0 Å². The third-order valence-corrected chi connectivity index (χ3v) is 7.10. The average molecular weight is 455 g/mol. The van der Waals surface area contributed by atoms with E-state index in [0.717, 1.165) is 34.4 Å². The minimum Gasteiger partial charge on any atom is -0.379 e. The highest BCUT2D eigenvalue weighted by atomic mass is 32.1. The number of hydrogen-bond acceptors (Lipinski definition) is 7. The van der Waals surface area contributed by atoms with Crippen molar-refractivity contribution >= 4 is 38.3 Å². The number of hydrogen-bond donors (Lipinski definition) is 0. The molecule has 168 valence electrons. The molecule has 1 saturated heterocycles. The first-order chi connectivity index (χ1) is 15.4. The number of nitrogens with zero attached hydrogens (tertiary/aromatic N) is 4. The molecule has 1 aromatic heterocycles. The number of carbonyl (C=O) groups excluding carboxylic acids is 1. The number of thiazole rings is 1. The second-order valence-corrected chi connectivity index (χ2v) is 8.97. The molecule has 0 bridgehead atoms. The molecule has 0 radical (unpaired) electrons. The number of aromatic nitrogens is 1. The standard InChI is InChI=1S/C23H26N4O4S/c1-15-7-8-16(2)21-20(15)24-23(32-21)26(10-9-25-11-13-31-14-12-25)22(28)18-5-4-6-19(17(18)3)27(29)30/h4-8H,9-14H2,1-3H3. The third kappa shape index (κ3) is 4.36. The first-order valence-electron chi connectivity index (χ1n) is 10.6. The summed E-state index contributed by atoms with van der Waals surface area (Å²) in [6.45, 7) is 9.78. The molecule has 1 aliphatic rings. The van der Waals surface area contributed by atoms with Crippen molar-refractivity contribution in [1.29, 1.82) is 0 Å². The first-order valence-corrected chi connectivity index (χ1v) is 11.4. The topological polar surface area (TPSA) is 88.8 Å². The van der Waals surface area contributed by atoms with Crippen molar-refractivity contribution in [2.24, 2.45) is 0 Å². The van der Waals surface area contributed by atoms with Gasteiger partial charge in [-0.1, -0.05) is 29.5 Å². The SMILES string of the molecule is Cc1c(C(=O)N(CCN2CCOCC2)c2nc3c(C)ccc(C)c3s2)cccc1[N+](=O)[O-]. The molecule has 8 nitrogen and oxygen atoms in total. The zero-order valence-corrected chi connectivity index (χ0v) is 19.3. The summed E-state index contributed by atoms with van der Waals surface area (Å²) < 4.78 is 6.48.